The Morgan fingerprint density at radius 2 is 2.24 bits per heavy atom. The first-order chi connectivity index (χ1) is 8.26. The molecule has 1 aromatic carbocycles. The van der Waals surface area contributed by atoms with Crippen LogP contribution in [0.25, 0.3) is 0 Å². The monoisotopic (exact) mass is 235 g/mol. The topological polar surface area (TPSA) is 44.5 Å². The van der Waals surface area contributed by atoms with Crippen LogP contribution in [-0.2, 0) is 11.2 Å². The molecule has 0 fully saturated rings. The fraction of sp³-hybridized carbons (Fsp3) is 0.571. The summed E-state index contributed by atoms with van der Waals surface area (Å²) in [5, 5.41) is 0. The fourth-order valence-corrected chi connectivity index (χ4v) is 2.32. The van der Waals surface area contributed by atoms with E-state index in [9.17, 15) is 0 Å². The molecule has 1 heterocycles. The molecule has 2 N–H and O–H groups in total. The highest BCUT2D eigenvalue weighted by Gasteiger charge is 2.20. The van der Waals surface area contributed by atoms with Gasteiger partial charge in [0.2, 0.25) is 0 Å². The lowest BCUT2D eigenvalue weighted by Gasteiger charge is -2.23. The van der Waals surface area contributed by atoms with Crippen molar-refractivity contribution in [1.29, 1.82) is 0 Å². The van der Waals surface area contributed by atoms with Crippen LogP contribution in [0.2, 0.25) is 0 Å². The molecular formula is C14H21NO2. The predicted octanol–water partition coefficient (Wildman–Crippen LogP) is 2.44. The molecule has 0 aliphatic carbocycles. The van der Waals surface area contributed by atoms with E-state index < -0.39 is 0 Å². The second-order valence-electron chi connectivity index (χ2n) is 4.39. The van der Waals surface area contributed by atoms with Crippen molar-refractivity contribution in [2.75, 3.05) is 13.2 Å². The molecule has 0 aromatic heterocycles. The lowest BCUT2D eigenvalue weighted by molar-refractivity contribution is 0.0413. The molecule has 3 heteroatoms. The number of rotatable bonds is 5. The van der Waals surface area contributed by atoms with Crippen LogP contribution in [0.3, 0.4) is 0 Å². The minimum atomic E-state index is -0.0501. The van der Waals surface area contributed by atoms with Crippen LogP contribution in [0.4, 0.5) is 0 Å². The van der Waals surface area contributed by atoms with Gasteiger partial charge in [-0.2, -0.15) is 0 Å². The van der Waals surface area contributed by atoms with Crippen molar-refractivity contribution in [2.24, 2.45) is 5.73 Å². The van der Waals surface area contributed by atoms with Gasteiger partial charge >= 0.3 is 0 Å². The number of hydrogen-bond acceptors (Lipinski definition) is 3. The van der Waals surface area contributed by atoms with Crippen molar-refractivity contribution >= 4 is 0 Å². The molecule has 17 heavy (non-hydrogen) atoms. The van der Waals surface area contributed by atoms with Gasteiger partial charge in [-0.25, -0.2) is 0 Å². The van der Waals surface area contributed by atoms with Gasteiger partial charge in [-0.3, -0.25) is 0 Å². The Morgan fingerprint density at radius 3 is 2.94 bits per heavy atom. The van der Waals surface area contributed by atoms with Gasteiger partial charge in [-0.1, -0.05) is 19.1 Å². The molecule has 2 rings (SSSR count). The van der Waals surface area contributed by atoms with E-state index in [-0.39, 0.29) is 12.1 Å². The van der Waals surface area contributed by atoms with Crippen LogP contribution < -0.4 is 10.5 Å². The second kappa shape index (κ2) is 5.52. The van der Waals surface area contributed by atoms with Gasteiger partial charge in [-0.05, 0) is 30.5 Å². The van der Waals surface area contributed by atoms with Crippen LogP contribution in [-0.4, -0.2) is 19.3 Å². The van der Waals surface area contributed by atoms with Gasteiger partial charge < -0.3 is 15.2 Å². The summed E-state index contributed by atoms with van der Waals surface area (Å²) in [6, 6.07) is 6.19. The Hall–Kier alpha value is -1.06. The average molecular weight is 235 g/mol. The van der Waals surface area contributed by atoms with Gasteiger partial charge in [0.25, 0.3) is 0 Å². The number of hydrogen-bond donors (Lipinski definition) is 1. The second-order valence-corrected chi connectivity index (χ2v) is 4.39. The highest BCUT2D eigenvalue weighted by Crippen LogP contribution is 2.29. The van der Waals surface area contributed by atoms with Crippen molar-refractivity contribution in [2.45, 2.75) is 38.8 Å². The van der Waals surface area contributed by atoms with E-state index in [0.29, 0.717) is 6.61 Å². The van der Waals surface area contributed by atoms with Crippen molar-refractivity contribution in [3.63, 3.8) is 0 Å². The van der Waals surface area contributed by atoms with Gasteiger partial charge in [-0.15, -0.1) is 0 Å². The third-order valence-electron chi connectivity index (χ3n) is 3.28. The Morgan fingerprint density at radius 1 is 1.41 bits per heavy atom. The third-order valence-corrected chi connectivity index (χ3v) is 3.28. The van der Waals surface area contributed by atoms with Gasteiger partial charge in [0.1, 0.15) is 5.75 Å². The zero-order chi connectivity index (χ0) is 12.3. The lowest BCUT2D eigenvalue weighted by atomic mass is 9.98. The van der Waals surface area contributed by atoms with Crippen LogP contribution in [0.1, 0.15) is 37.4 Å². The van der Waals surface area contributed by atoms with Crippen molar-refractivity contribution in [1.82, 2.24) is 0 Å². The molecule has 94 valence electrons. The van der Waals surface area contributed by atoms with E-state index in [4.69, 9.17) is 15.2 Å². The van der Waals surface area contributed by atoms with E-state index >= 15 is 0 Å². The highest BCUT2D eigenvalue weighted by atomic mass is 16.5. The molecule has 0 amide bonds. The molecule has 1 aliphatic heterocycles. The third kappa shape index (κ3) is 2.61. The number of ether oxygens (including phenoxy) is 2. The summed E-state index contributed by atoms with van der Waals surface area (Å²) in [6.07, 6.45) is 2.02. The van der Waals surface area contributed by atoms with Crippen LogP contribution in [0, 0.1) is 0 Å². The first-order valence-electron chi connectivity index (χ1n) is 6.39. The van der Waals surface area contributed by atoms with E-state index in [1.54, 1.807) is 0 Å². The standard InChI is InChI=1S/C14H21NO2/c1-3-12(16-4-2)14(15)11-5-6-13-10(9-11)7-8-17-13/h5-6,9,12,14H,3-4,7-8,15H2,1-2H3. The van der Waals surface area contributed by atoms with Crippen LogP contribution >= 0.6 is 0 Å². The lowest BCUT2D eigenvalue weighted by Crippen LogP contribution is -2.28. The van der Waals surface area contributed by atoms with Crippen molar-refractivity contribution in [3.05, 3.63) is 29.3 Å². The zero-order valence-corrected chi connectivity index (χ0v) is 10.6. The van der Waals surface area contributed by atoms with E-state index in [1.807, 2.05) is 13.0 Å². The molecule has 3 nitrogen and oxygen atoms in total. The predicted molar refractivity (Wildman–Crippen MR) is 68.3 cm³/mol. The minimum Gasteiger partial charge on any atom is -0.493 e. The fourth-order valence-electron chi connectivity index (χ4n) is 2.32. The first kappa shape index (κ1) is 12.4. The molecule has 0 radical (unpaired) electrons. The van der Waals surface area contributed by atoms with Crippen molar-refractivity contribution in [3.8, 4) is 5.75 Å². The first-order valence-corrected chi connectivity index (χ1v) is 6.39. The van der Waals surface area contributed by atoms with Gasteiger partial charge in [0.05, 0.1) is 18.8 Å². The Labute approximate surface area is 103 Å². The molecule has 2 unspecified atom stereocenters. The SMILES string of the molecule is CCOC(CC)C(N)c1ccc2c(c1)CCO2. The smallest absolute Gasteiger partial charge is 0.122 e. The van der Waals surface area contributed by atoms with E-state index in [0.717, 1.165) is 30.8 Å². The number of fused-ring (bicyclic) bond motifs is 1. The van der Waals surface area contributed by atoms with Gasteiger partial charge in [0, 0.05) is 13.0 Å². The average Bonchev–Trinajstić information content (AvgIpc) is 2.82. The van der Waals surface area contributed by atoms with Crippen LogP contribution in [0.5, 0.6) is 5.75 Å². The molecule has 0 saturated carbocycles. The summed E-state index contributed by atoms with van der Waals surface area (Å²) < 4.78 is 11.2. The number of nitrogens with two attached hydrogens (primary N) is 1. The maximum absolute atomic E-state index is 6.26. The normalized spacial score (nSPS) is 17.4. The summed E-state index contributed by atoms with van der Waals surface area (Å²) in [7, 11) is 0. The molecular weight excluding hydrogens is 214 g/mol. The van der Waals surface area contributed by atoms with Gasteiger partial charge in [0.15, 0.2) is 0 Å². The largest absolute Gasteiger partial charge is 0.493 e. The molecule has 0 saturated heterocycles. The molecule has 1 aliphatic rings. The van der Waals surface area contributed by atoms with E-state index in [1.165, 1.54) is 5.56 Å². The summed E-state index contributed by atoms with van der Waals surface area (Å²) in [6.45, 7) is 5.61. The minimum absolute atomic E-state index is 0.0501. The Balaban J connectivity index is 2.15. The van der Waals surface area contributed by atoms with Crippen molar-refractivity contribution < 1.29 is 9.47 Å². The Bertz CT molecular complexity index is 378. The quantitative estimate of drug-likeness (QED) is 0.852. The summed E-state index contributed by atoms with van der Waals surface area (Å²) in [4.78, 5) is 0. The maximum atomic E-state index is 6.26. The van der Waals surface area contributed by atoms with Crippen LogP contribution in [0.15, 0.2) is 18.2 Å². The Kier molecular flexibility index (Phi) is 4.02. The van der Waals surface area contributed by atoms with E-state index in [2.05, 4.69) is 19.1 Å². The number of benzene rings is 1. The summed E-state index contributed by atoms with van der Waals surface area (Å²) >= 11 is 0. The molecule has 1 aromatic rings. The summed E-state index contributed by atoms with van der Waals surface area (Å²) in [5.74, 6) is 1.01. The maximum Gasteiger partial charge on any atom is 0.122 e. The molecule has 2 atom stereocenters. The molecule has 0 spiro atoms. The highest BCUT2D eigenvalue weighted by molar-refractivity contribution is 5.40. The zero-order valence-electron chi connectivity index (χ0n) is 10.6. The summed E-state index contributed by atoms with van der Waals surface area (Å²) in [5.41, 5.74) is 8.68. The molecule has 0 bridgehead atoms.